The molecule has 2 aromatic heterocycles. The molecule has 88 valence electrons. The van der Waals surface area contributed by atoms with Crippen molar-refractivity contribution in [3.8, 4) is 5.75 Å². The highest BCUT2D eigenvalue weighted by Gasteiger charge is 2.29. The predicted octanol–water partition coefficient (Wildman–Crippen LogP) is 2.34. The highest BCUT2D eigenvalue weighted by Crippen LogP contribution is 2.41. The van der Waals surface area contributed by atoms with E-state index in [2.05, 4.69) is 20.9 Å². The number of halogens is 1. The van der Waals surface area contributed by atoms with Crippen molar-refractivity contribution in [2.75, 3.05) is 7.11 Å². The summed E-state index contributed by atoms with van der Waals surface area (Å²) in [6.07, 6.45) is 3.92. The highest BCUT2D eigenvalue weighted by atomic mass is 79.9. The number of pyridine rings is 1. The van der Waals surface area contributed by atoms with E-state index in [1.807, 2.05) is 0 Å². The van der Waals surface area contributed by atoms with Gasteiger partial charge < -0.3 is 4.74 Å². The number of hydrogen-bond acceptors (Lipinski definition) is 3. The smallest absolute Gasteiger partial charge is 0.272 e. The van der Waals surface area contributed by atoms with Crippen LogP contribution < -0.4 is 10.3 Å². The fourth-order valence-electron chi connectivity index (χ4n) is 1.87. The Bertz CT molecular complexity index is 647. The monoisotopic (exact) mass is 294 g/mol. The van der Waals surface area contributed by atoms with Crippen molar-refractivity contribution in [3.05, 3.63) is 38.9 Å². The molecule has 1 fully saturated rings. The minimum absolute atomic E-state index is 0.0560. The standard InChI is InChI=1S/C12H11BrN2O2/c1-17-8-4-5-15-9(6-8)14-11(7-2-3-7)10(13)12(15)16/h4-7H,2-3H2,1H3. The normalized spacial score (nSPS) is 15.2. The van der Waals surface area contributed by atoms with Crippen LogP contribution in [0.4, 0.5) is 0 Å². The molecule has 4 nitrogen and oxygen atoms in total. The maximum Gasteiger partial charge on any atom is 0.272 e. The molecular formula is C12H11BrN2O2. The van der Waals surface area contributed by atoms with E-state index in [0.717, 1.165) is 18.5 Å². The zero-order valence-corrected chi connectivity index (χ0v) is 10.9. The molecule has 5 heteroatoms. The number of aromatic nitrogens is 2. The highest BCUT2D eigenvalue weighted by molar-refractivity contribution is 9.10. The van der Waals surface area contributed by atoms with Gasteiger partial charge in [-0.3, -0.25) is 9.20 Å². The summed E-state index contributed by atoms with van der Waals surface area (Å²) in [6.45, 7) is 0. The Morgan fingerprint density at radius 1 is 1.53 bits per heavy atom. The summed E-state index contributed by atoms with van der Waals surface area (Å²) >= 11 is 3.35. The molecule has 2 aromatic rings. The van der Waals surface area contributed by atoms with Gasteiger partial charge >= 0.3 is 0 Å². The molecular weight excluding hydrogens is 284 g/mol. The molecule has 1 aliphatic rings. The van der Waals surface area contributed by atoms with Gasteiger partial charge in [-0.2, -0.15) is 0 Å². The number of methoxy groups -OCH3 is 1. The van der Waals surface area contributed by atoms with Crippen LogP contribution in [0.15, 0.2) is 27.6 Å². The Kier molecular flexibility index (Phi) is 2.43. The van der Waals surface area contributed by atoms with Crippen LogP contribution in [0.25, 0.3) is 5.65 Å². The third-order valence-electron chi connectivity index (χ3n) is 2.97. The molecule has 1 saturated carbocycles. The minimum Gasteiger partial charge on any atom is -0.497 e. The lowest BCUT2D eigenvalue weighted by molar-refractivity contribution is 0.414. The van der Waals surface area contributed by atoms with Gasteiger partial charge in [-0.15, -0.1) is 0 Å². The lowest BCUT2D eigenvalue weighted by Crippen LogP contribution is -2.17. The number of hydrogen-bond donors (Lipinski definition) is 0. The number of fused-ring (bicyclic) bond motifs is 1. The van der Waals surface area contributed by atoms with E-state index >= 15 is 0 Å². The van der Waals surface area contributed by atoms with E-state index in [1.54, 1.807) is 25.4 Å². The summed E-state index contributed by atoms with van der Waals surface area (Å²) in [4.78, 5) is 16.7. The van der Waals surface area contributed by atoms with Crippen LogP contribution in [-0.4, -0.2) is 16.5 Å². The molecule has 0 saturated heterocycles. The summed E-state index contributed by atoms with van der Waals surface area (Å²) < 4.78 is 7.25. The second-order valence-electron chi connectivity index (χ2n) is 4.19. The van der Waals surface area contributed by atoms with Crippen LogP contribution in [0.1, 0.15) is 24.5 Å². The second kappa shape index (κ2) is 3.84. The van der Waals surface area contributed by atoms with Crippen LogP contribution in [0.3, 0.4) is 0 Å². The topological polar surface area (TPSA) is 43.6 Å². The lowest BCUT2D eigenvalue weighted by atomic mass is 10.3. The molecule has 17 heavy (non-hydrogen) atoms. The SMILES string of the molecule is COc1ccn2c(=O)c(Br)c(C3CC3)nc2c1. The first-order valence-corrected chi connectivity index (χ1v) is 6.26. The van der Waals surface area contributed by atoms with Crippen molar-refractivity contribution in [2.45, 2.75) is 18.8 Å². The van der Waals surface area contributed by atoms with Crippen LogP contribution in [-0.2, 0) is 0 Å². The van der Waals surface area contributed by atoms with E-state index in [0.29, 0.717) is 21.8 Å². The van der Waals surface area contributed by atoms with E-state index in [4.69, 9.17) is 4.74 Å². The molecule has 0 unspecified atom stereocenters. The number of nitrogens with zero attached hydrogens (tertiary/aromatic N) is 2. The maximum absolute atomic E-state index is 12.1. The van der Waals surface area contributed by atoms with Crippen molar-refractivity contribution in [1.82, 2.24) is 9.38 Å². The van der Waals surface area contributed by atoms with Crippen molar-refractivity contribution in [3.63, 3.8) is 0 Å². The molecule has 0 amide bonds. The van der Waals surface area contributed by atoms with Crippen LogP contribution in [0, 0.1) is 0 Å². The Morgan fingerprint density at radius 3 is 2.94 bits per heavy atom. The van der Waals surface area contributed by atoms with Crippen LogP contribution in [0.5, 0.6) is 5.75 Å². The molecule has 2 heterocycles. The van der Waals surface area contributed by atoms with Crippen LogP contribution >= 0.6 is 15.9 Å². The Balaban J connectivity index is 2.31. The van der Waals surface area contributed by atoms with Gasteiger partial charge in [0.05, 0.1) is 12.8 Å². The van der Waals surface area contributed by atoms with Gasteiger partial charge in [-0.25, -0.2) is 4.98 Å². The Hall–Kier alpha value is -1.36. The first kappa shape index (κ1) is 10.8. The first-order valence-electron chi connectivity index (χ1n) is 5.46. The Morgan fingerprint density at radius 2 is 2.29 bits per heavy atom. The zero-order valence-electron chi connectivity index (χ0n) is 9.31. The van der Waals surface area contributed by atoms with Crippen molar-refractivity contribution < 1.29 is 4.74 Å². The van der Waals surface area contributed by atoms with Gasteiger partial charge in [0, 0.05) is 18.2 Å². The van der Waals surface area contributed by atoms with Gasteiger partial charge in [-0.1, -0.05) is 0 Å². The second-order valence-corrected chi connectivity index (χ2v) is 4.98. The fourth-order valence-corrected chi connectivity index (χ4v) is 2.47. The van der Waals surface area contributed by atoms with Gasteiger partial charge in [-0.05, 0) is 34.8 Å². The van der Waals surface area contributed by atoms with Gasteiger partial charge in [0.15, 0.2) is 0 Å². The molecule has 0 aromatic carbocycles. The van der Waals surface area contributed by atoms with E-state index < -0.39 is 0 Å². The molecule has 0 atom stereocenters. The molecule has 0 N–H and O–H groups in total. The maximum atomic E-state index is 12.1. The molecule has 0 spiro atoms. The van der Waals surface area contributed by atoms with Crippen molar-refractivity contribution >= 4 is 21.6 Å². The van der Waals surface area contributed by atoms with E-state index in [1.165, 1.54) is 4.40 Å². The summed E-state index contributed by atoms with van der Waals surface area (Å²) in [5, 5.41) is 0. The predicted molar refractivity (Wildman–Crippen MR) is 67.7 cm³/mol. The van der Waals surface area contributed by atoms with Crippen LogP contribution in [0.2, 0.25) is 0 Å². The molecule has 1 aliphatic carbocycles. The molecule has 0 radical (unpaired) electrons. The molecule has 0 aliphatic heterocycles. The van der Waals surface area contributed by atoms with E-state index in [9.17, 15) is 4.79 Å². The van der Waals surface area contributed by atoms with Gasteiger partial charge in [0.1, 0.15) is 15.9 Å². The summed E-state index contributed by atoms with van der Waals surface area (Å²) in [7, 11) is 1.60. The molecule has 0 bridgehead atoms. The van der Waals surface area contributed by atoms with Crippen molar-refractivity contribution in [2.24, 2.45) is 0 Å². The molecule has 3 rings (SSSR count). The average molecular weight is 295 g/mol. The fraction of sp³-hybridized carbons (Fsp3) is 0.333. The quantitative estimate of drug-likeness (QED) is 0.854. The van der Waals surface area contributed by atoms with Crippen molar-refractivity contribution in [1.29, 1.82) is 0 Å². The summed E-state index contributed by atoms with van der Waals surface area (Å²) in [6, 6.07) is 3.53. The number of rotatable bonds is 2. The lowest BCUT2D eigenvalue weighted by Gasteiger charge is -2.07. The number of ether oxygens (including phenoxy) is 1. The average Bonchev–Trinajstić information content (AvgIpc) is 3.17. The van der Waals surface area contributed by atoms with Gasteiger partial charge in [0.2, 0.25) is 0 Å². The Labute approximate surface area is 106 Å². The summed E-state index contributed by atoms with van der Waals surface area (Å²) in [5.41, 5.74) is 1.46. The zero-order chi connectivity index (χ0) is 12.0. The third kappa shape index (κ3) is 1.74. The summed E-state index contributed by atoms with van der Waals surface area (Å²) in [5.74, 6) is 1.15. The third-order valence-corrected chi connectivity index (χ3v) is 3.72. The van der Waals surface area contributed by atoms with E-state index in [-0.39, 0.29) is 5.56 Å². The largest absolute Gasteiger partial charge is 0.497 e. The minimum atomic E-state index is -0.0560. The first-order chi connectivity index (χ1) is 8.20. The van der Waals surface area contributed by atoms with Gasteiger partial charge in [0.25, 0.3) is 5.56 Å².